The van der Waals surface area contributed by atoms with Crippen molar-refractivity contribution in [2.75, 3.05) is 7.11 Å². The highest BCUT2D eigenvalue weighted by Crippen LogP contribution is 2.35. The first-order valence-electron chi connectivity index (χ1n) is 8.33. The number of H-pyrrole nitrogens is 1. The second kappa shape index (κ2) is 8.75. The smallest absolute Gasteiger partial charge is 0.349 e. The summed E-state index contributed by atoms with van der Waals surface area (Å²) in [7, 11) is 1.28. The minimum atomic E-state index is -0.804. The van der Waals surface area contributed by atoms with Gasteiger partial charge in [0.25, 0.3) is 5.56 Å². The molecule has 0 unspecified atom stereocenters. The summed E-state index contributed by atoms with van der Waals surface area (Å²) >= 11 is 6.76. The van der Waals surface area contributed by atoms with Crippen LogP contribution < -0.4 is 16.0 Å². The van der Waals surface area contributed by atoms with Gasteiger partial charge in [-0.25, -0.2) is 9.59 Å². The second-order valence-corrected chi connectivity index (χ2v) is 7.64. The number of hydrogen-bond donors (Lipinski definition) is 1. The molecule has 0 aliphatic rings. The van der Waals surface area contributed by atoms with Gasteiger partial charge in [-0.1, -0.05) is 12.1 Å². The lowest BCUT2D eigenvalue weighted by molar-refractivity contribution is -0.147. The predicted molar refractivity (Wildman–Crippen MR) is 116 cm³/mol. The number of benzene rings is 2. The van der Waals surface area contributed by atoms with Gasteiger partial charge in [-0.2, -0.15) is 5.10 Å². The Morgan fingerprint density at radius 3 is 2.52 bits per heavy atom. The first-order chi connectivity index (χ1) is 13.8. The largest absolute Gasteiger partial charge is 0.477 e. The quantitative estimate of drug-likeness (QED) is 0.408. The molecule has 1 heterocycles. The van der Waals surface area contributed by atoms with Gasteiger partial charge in [0.1, 0.15) is 5.75 Å². The summed E-state index contributed by atoms with van der Waals surface area (Å²) in [6.45, 7) is 1.57. The second-order valence-electron chi connectivity index (χ2n) is 5.93. The Labute approximate surface area is 181 Å². The van der Waals surface area contributed by atoms with E-state index in [0.29, 0.717) is 31.2 Å². The van der Waals surface area contributed by atoms with Gasteiger partial charge in [0.05, 0.1) is 33.2 Å². The monoisotopic (exact) mass is 523 g/mol. The first-order valence-corrected chi connectivity index (χ1v) is 9.92. The number of rotatable bonds is 5. The van der Waals surface area contributed by atoms with Crippen molar-refractivity contribution in [2.24, 2.45) is 5.10 Å². The third kappa shape index (κ3) is 4.48. The molecule has 0 bridgehead atoms. The summed E-state index contributed by atoms with van der Waals surface area (Å²) in [5.74, 6) is -0.106. The Balaban J connectivity index is 1.94. The molecule has 0 amide bonds. The van der Waals surface area contributed by atoms with Gasteiger partial charge in [0.2, 0.25) is 0 Å². The van der Waals surface area contributed by atoms with E-state index in [9.17, 15) is 14.4 Å². The van der Waals surface area contributed by atoms with Crippen LogP contribution in [0.2, 0.25) is 0 Å². The summed E-state index contributed by atoms with van der Waals surface area (Å²) in [4.78, 5) is 38.9. The highest BCUT2D eigenvalue weighted by molar-refractivity contribution is 9.11. The minimum absolute atomic E-state index is 0.354. The molecule has 10 heteroatoms. The lowest BCUT2D eigenvalue weighted by Crippen LogP contribution is -2.32. The van der Waals surface area contributed by atoms with Crippen LogP contribution in [0.25, 0.3) is 10.9 Å². The van der Waals surface area contributed by atoms with Crippen LogP contribution in [0.15, 0.2) is 60.0 Å². The molecule has 3 rings (SSSR count). The molecular weight excluding hydrogens is 510 g/mol. The van der Waals surface area contributed by atoms with Crippen molar-refractivity contribution in [1.29, 1.82) is 0 Å². The van der Waals surface area contributed by atoms with Crippen LogP contribution in [0.5, 0.6) is 5.75 Å². The van der Waals surface area contributed by atoms with E-state index in [-0.39, 0.29) is 0 Å². The molecule has 1 N–H and O–H groups in total. The first kappa shape index (κ1) is 21.0. The fourth-order valence-electron chi connectivity index (χ4n) is 2.54. The van der Waals surface area contributed by atoms with E-state index in [0.717, 1.165) is 4.68 Å². The highest BCUT2D eigenvalue weighted by atomic mass is 79.9. The van der Waals surface area contributed by atoms with Gasteiger partial charge >= 0.3 is 11.7 Å². The number of halogens is 2. The normalized spacial score (nSPS) is 12.3. The van der Waals surface area contributed by atoms with Gasteiger partial charge in [-0.3, -0.25) is 4.79 Å². The maximum absolute atomic E-state index is 12.5. The van der Waals surface area contributed by atoms with Crippen molar-refractivity contribution in [3.05, 3.63) is 71.7 Å². The van der Waals surface area contributed by atoms with Crippen LogP contribution in [0.3, 0.4) is 0 Å². The van der Waals surface area contributed by atoms with Crippen LogP contribution in [0.4, 0.5) is 0 Å². The number of fused-ring (bicyclic) bond motifs is 1. The number of carbonyl (C=O) groups is 1. The summed E-state index contributed by atoms with van der Waals surface area (Å²) < 4.78 is 12.1. The van der Waals surface area contributed by atoms with E-state index in [4.69, 9.17) is 4.74 Å². The summed E-state index contributed by atoms with van der Waals surface area (Å²) in [6, 6.07) is 10.0. The Hall–Kier alpha value is -2.72. The van der Waals surface area contributed by atoms with E-state index in [2.05, 4.69) is 46.7 Å². The van der Waals surface area contributed by atoms with Gasteiger partial charge in [0.15, 0.2) is 6.10 Å². The number of aromatic nitrogens is 2. The molecule has 0 saturated carbocycles. The van der Waals surface area contributed by atoms with Crippen molar-refractivity contribution >= 4 is 54.9 Å². The summed E-state index contributed by atoms with van der Waals surface area (Å²) in [6.07, 6.45) is 0.566. The van der Waals surface area contributed by atoms with E-state index >= 15 is 0 Å². The molecule has 0 saturated heterocycles. The SMILES string of the molecule is COC(=O)[C@H](C)Oc1c(Br)cc(C=Nn2c(=O)[nH]c3ccccc3c2=O)cc1Br. The van der Waals surface area contributed by atoms with Crippen LogP contribution in [-0.2, 0) is 9.53 Å². The van der Waals surface area contributed by atoms with Crippen molar-refractivity contribution in [3.63, 3.8) is 0 Å². The number of methoxy groups -OCH3 is 1. The van der Waals surface area contributed by atoms with E-state index < -0.39 is 23.3 Å². The number of esters is 1. The topological polar surface area (TPSA) is 103 Å². The molecule has 0 fully saturated rings. The van der Waals surface area contributed by atoms with Crippen molar-refractivity contribution in [1.82, 2.24) is 9.66 Å². The molecule has 150 valence electrons. The number of aromatic amines is 1. The molecule has 29 heavy (non-hydrogen) atoms. The molecule has 0 radical (unpaired) electrons. The zero-order valence-electron chi connectivity index (χ0n) is 15.3. The van der Waals surface area contributed by atoms with Crippen LogP contribution in [0, 0.1) is 0 Å². The average molecular weight is 525 g/mol. The zero-order chi connectivity index (χ0) is 21.1. The average Bonchev–Trinajstić information content (AvgIpc) is 2.69. The molecule has 1 atom stereocenters. The summed E-state index contributed by atoms with van der Waals surface area (Å²) in [5, 5.41) is 4.37. The van der Waals surface area contributed by atoms with Crippen LogP contribution >= 0.6 is 31.9 Å². The standard InChI is InChI=1S/C19H15Br2N3O5/c1-10(18(26)28-2)29-16-13(20)7-11(8-14(16)21)9-22-24-17(25)12-5-3-4-6-15(12)23-19(24)27/h3-10H,1-2H3,(H,23,27)/t10-/m0/s1. The lowest BCUT2D eigenvalue weighted by atomic mass is 10.2. The molecule has 2 aromatic carbocycles. The lowest BCUT2D eigenvalue weighted by Gasteiger charge is -2.15. The predicted octanol–water partition coefficient (Wildman–Crippen LogP) is 3.04. The fourth-order valence-corrected chi connectivity index (χ4v) is 3.95. The fraction of sp³-hybridized carbons (Fsp3) is 0.158. The molecule has 0 spiro atoms. The van der Waals surface area contributed by atoms with Crippen LogP contribution in [0.1, 0.15) is 12.5 Å². The summed E-state index contributed by atoms with van der Waals surface area (Å²) in [5.41, 5.74) is -0.137. The Morgan fingerprint density at radius 1 is 1.21 bits per heavy atom. The molecule has 8 nitrogen and oxygen atoms in total. The van der Waals surface area contributed by atoms with Gasteiger partial charge in [-0.05, 0) is 68.6 Å². The van der Waals surface area contributed by atoms with Crippen LogP contribution in [-0.4, -0.2) is 35.1 Å². The maximum Gasteiger partial charge on any atom is 0.349 e. The Bertz CT molecular complexity index is 1210. The Kier molecular flexibility index (Phi) is 6.33. The minimum Gasteiger partial charge on any atom is -0.477 e. The van der Waals surface area contributed by atoms with Crippen molar-refractivity contribution < 1.29 is 14.3 Å². The van der Waals surface area contributed by atoms with Crippen molar-refractivity contribution in [2.45, 2.75) is 13.0 Å². The number of para-hydroxylation sites is 1. The Morgan fingerprint density at radius 2 is 1.86 bits per heavy atom. The van der Waals surface area contributed by atoms with E-state index in [1.165, 1.54) is 13.3 Å². The number of nitrogens with zero attached hydrogens (tertiary/aromatic N) is 2. The number of carbonyl (C=O) groups excluding carboxylic acids is 1. The molecular formula is C19H15Br2N3O5. The number of hydrogen-bond acceptors (Lipinski definition) is 6. The third-order valence-electron chi connectivity index (χ3n) is 3.95. The van der Waals surface area contributed by atoms with E-state index in [1.54, 1.807) is 43.3 Å². The van der Waals surface area contributed by atoms with Gasteiger partial charge < -0.3 is 14.5 Å². The highest BCUT2D eigenvalue weighted by Gasteiger charge is 2.18. The zero-order valence-corrected chi connectivity index (χ0v) is 18.5. The maximum atomic E-state index is 12.5. The third-order valence-corrected chi connectivity index (χ3v) is 5.13. The number of nitrogens with one attached hydrogen (secondary N) is 1. The van der Waals surface area contributed by atoms with Gasteiger partial charge in [0, 0.05) is 0 Å². The number of ether oxygens (including phenoxy) is 2. The van der Waals surface area contributed by atoms with Gasteiger partial charge in [-0.15, -0.1) is 4.68 Å². The molecule has 1 aromatic heterocycles. The van der Waals surface area contributed by atoms with Crippen molar-refractivity contribution in [3.8, 4) is 5.75 Å². The molecule has 3 aromatic rings. The molecule has 0 aliphatic carbocycles. The van der Waals surface area contributed by atoms with E-state index in [1.807, 2.05) is 0 Å². The molecule has 0 aliphatic heterocycles.